The van der Waals surface area contributed by atoms with Crippen LogP contribution in [0, 0.1) is 0 Å². The Kier molecular flexibility index (Phi) is 7.13. The number of rotatable bonds is 3. The van der Waals surface area contributed by atoms with Gasteiger partial charge in [0.2, 0.25) is 5.75 Å². The normalized spacial score (nSPS) is 21.6. The summed E-state index contributed by atoms with van der Waals surface area (Å²) < 4.78 is 18.9. The van der Waals surface area contributed by atoms with E-state index in [0.29, 0.717) is 35.7 Å². The molecule has 7 heteroatoms. The number of aromatic hydroxyl groups is 2. The van der Waals surface area contributed by atoms with Crippen LogP contribution in [0.3, 0.4) is 0 Å². The molecular weight excluding hydrogens is 494 g/mol. The number of fused-ring (bicyclic) bond motifs is 1. The molecule has 5 rings (SSSR count). The highest BCUT2D eigenvalue weighted by atomic mass is 16.6. The zero-order valence-electron chi connectivity index (χ0n) is 24.2. The van der Waals surface area contributed by atoms with Gasteiger partial charge in [-0.1, -0.05) is 48.0 Å². The minimum atomic E-state index is -0.584. The topological polar surface area (TPSA) is 88.5 Å². The maximum absolute atomic E-state index is 13.9. The van der Waals surface area contributed by atoms with E-state index in [4.69, 9.17) is 14.2 Å². The molecule has 2 aromatic carbocycles. The molecule has 2 N–H and O–H groups in total. The van der Waals surface area contributed by atoms with Gasteiger partial charge in [0.05, 0.1) is 18.8 Å². The van der Waals surface area contributed by atoms with Crippen molar-refractivity contribution in [1.29, 1.82) is 0 Å². The lowest BCUT2D eigenvalue weighted by Crippen LogP contribution is -2.63. The van der Waals surface area contributed by atoms with E-state index in [0.717, 1.165) is 45.2 Å². The average molecular weight is 538 g/mol. The molecular formula is C32H43NO6. The lowest BCUT2D eigenvalue weighted by molar-refractivity contribution is -0.171. The first-order chi connectivity index (χ1) is 18.3. The third-order valence-corrected chi connectivity index (χ3v) is 8.40. The third-order valence-electron chi connectivity index (χ3n) is 8.40. The Morgan fingerprint density at radius 1 is 0.897 bits per heavy atom. The van der Waals surface area contributed by atoms with E-state index in [9.17, 15) is 15.0 Å². The number of carbonyl (C=O) groups is 1. The Labute approximate surface area is 232 Å². The lowest BCUT2D eigenvalue weighted by atomic mass is 9.77. The molecule has 1 unspecified atom stereocenters. The third kappa shape index (κ3) is 5.11. The molecule has 0 radical (unpaired) electrons. The van der Waals surface area contributed by atoms with Crippen LogP contribution in [0.15, 0.2) is 24.3 Å². The van der Waals surface area contributed by atoms with Crippen LogP contribution in [0.5, 0.6) is 23.0 Å². The number of phenols is 2. The molecule has 0 amide bonds. The van der Waals surface area contributed by atoms with Crippen molar-refractivity contribution in [3.63, 3.8) is 0 Å². The number of hydrogen-bond acceptors (Lipinski definition) is 7. The van der Waals surface area contributed by atoms with Crippen molar-refractivity contribution in [1.82, 2.24) is 4.90 Å². The standard InChI is InChI=1S/C32H43NO6/c1-30(2,3)22-18-20(19-23(27(22)36)31(4,5)6)25(34)21-10-11-24-28(26(21)35)39-32(12-8-7-9-13-32)29(38-24)33-14-16-37-17-15-33/h10-11,18-19,29,35-36H,7-9,12-17H2,1-6H3. The van der Waals surface area contributed by atoms with Crippen LogP contribution in [0.1, 0.15) is 101 Å². The van der Waals surface area contributed by atoms with E-state index in [-0.39, 0.29) is 45.7 Å². The zero-order chi connectivity index (χ0) is 28.2. The number of ketones is 1. The predicted octanol–water partition coefficient (Wildman–Crippen LogP) is 6.06. The largest absolute Gasteiger partial charge is 0.507 e. The molecule has 3 aliphatic rings. The molecule has 1 saturated carbocycles. The Bertz CT molecular complexity index is 1210. The first kappa shape index (κ1) is 27.8. The number of benzene rings is 2. The van der Waals surface area contributed by atoms with E-state index < -0.39 is 5.60 Å². The summed E-state index contributed by atoms with van der Waals surface area (Å²) in [6.07, 6.45) is 4.58. The zero-order valence-corrected chi connectivity index (χ0v) is 24.2. The average Bonchev–Trinajstić information content (AvgIpc) is 2.88. The van der Waals surface area contributed by atoms with Crippen molar-refractivity contribution in [2.45, 2.75) is 96.3 Å². The fraction of sp³-hybridized carbons (Fsp3) is 0.594. The van der Waals surface area contributed by atoms with Gasteiger partial charge in [-0.05, 0) is 60.8 Å². The second-order valence-corrected chi connectivity index (χ2v) is 13.4. The monoisotopic (exact) mass is 537 g/mol. The number of nitrogens with zero attached hydrogens (tertiary/aromatic N) is 1. The van der Waals surface area contributed by atoms with Crippen LogP contribution >= 0.6 is 0 Å². The fourth-order valence-electron chi connectivity index (χ4n) is 6.19. The predicted molar refractivity (Wildman–Crippen MR) is 150 cm³/mol. The maximum atomic E-state index is 13.9. The second-order valence-electron chi connectivity index (χ2n) is 13.4. The molecule has 2 fully saturated rings. The number of phenolic OH excluding ortho intramolecular Hbond substituents is 2. The van der Waals surface area contributed by atoms with E-state index in [2.05, 4.69) is 4.90 Å². The van der Waals surface area contributed by atoms with Crippen LogP contribution in [0.4, 0.5) is 0 Å². The maximum Gasteiger partial charge on any atom is 0.204 e. The van der Waals surface area contributed by atoms with E-state index in [1.54, 1.807) is 24.3 Å². The summed E-state index contributed by atoms with van der Waals surface area (Å²) in [5, 5.41) is 22.6. The Morgan fingerprint density at radius 2 is 1.49 bits per heavy atom. The molecule has 39 heavy (non-hydrogen) atoms. The molecule has 2 heterocycles. The van der Waals surface area contributed by atoms with Gasteiger partial charge in [0.15, 0.2) is 29.1 Å². The molecule has 0 bridgehead atoms. The number of morpholine rings is 1. The smallest absolute Gasteiger partial charge is 0.204 e. The molecule has 1 saturated heterocycles. The van der Waals surface area contributed by atoms with Gasteiger partial charge in [-0.2, -0.15) is 0 Å². The second kappa shape index (κ2) is 10.0. The summed E-state index contributed by atoms with van der Waals surface area (Å²) in [5.41, 5.74) is 0.647. The highest BCUT2D eigenvalue weighted by molar-refractivity contribution is 6.11. The van der Waals surface area contributed by atoms with Gasteiger partial charge < -0.3 is 24.4 Å². The van der Waals surface area contributed by atoms with Crippen molar-refractivity contribution in [3.05, 3.63) is 46.5 Å². The van der Waals surface area contributed by atoms with Crippen LogP contribution in [-0.2, 0) is 15.6 Å². The summed E-state index contributed by atoms with van der Waals surface area (Å²) >= 11 is 0. The molecule has 7 nitrogen and oxygen atoms in total. The first-order valence-electron chi connectivity index (χ1n) is 14.3. The summed E-state index contributed by atoms with van der Waals surface area (Å²) in [5.74, 6) is 0.408. The van der Waals surface area contributed by atoms with Gasteiger partial charge in [-0.3, -0.25) is 9.69 Å². The molecule has 2 aliphatic heterocycles. The molecule has 2 aromatic rings. The van der Waals surface area contributed by atoms with Gasteiger partial charge in [0.1, 0.15) is 5.75 Å². The minimum Gasteiger partial charge on any atom is -0.507 e. The Balaban J connectivity index is 1.56. The van der Waals surface area contributed by atoms with Gasteiger partial charge in [-0.25, -0.2) is 0 Å². The molecule has 1 atom stereocenters. The van der Waals surface area contributed by atoms with Crippen LogP contribution in [0.2, 0.25) is 0 Å². The summed E-state index contributed by atoms with van der Waals surface area (Å²) in [4.78, 5) is 16.2. The summed E-state index contributed by atoms with van der Waals surface area (Å²) in [6.45, 7) is 14.9. The Morgan fingerprint density at radius 3 is 2.05 bits per heavy atom. The molecule has 1 spiro atoms. The van der Waals surface area contributed by atoms with Crippen molar-refractivity contribution in [2.75, 3.05) is 26.3 Å². The highest BCUT2D eigenvalue weighted by Gasteiger charge is 2.51. The number of hydrogen-bond donors (Lipinski definition) is 2. The summed E-state index contributed by atoms with van der Waals surface area (Å²) in [7, 11) is 0. The quantitative estimate of drug-likeness (QED) is 0.461. The van der Waals surface area contributed by atoms with Crippen molar-refractivity contribution >= 4 is 5.78 Å². The van der Waals surface area contributed by atoms with Gasteiger partial charge >= 0.3 is 0 Å². The molecule has 1 aliphatic carbocycles. The summed E-state index contributed by atoms with van der Waals surface area (Å²) in [6, 6.07) is 6.86. The van der Waals surface area contributed by atoms with Crippen LogP contribution in [0.25, 0.3) is 0 Å². The van der Waals surface area contributed by atoms with E-state index in [1.165, 1.54) is 0 Å². The number of carbonyl (C=O) groups excluding carboxylic acids is 1. The lowest BCUT2D eigenvalue weighted by Gasteiger charge is -2.50. The van der Waals surface area contributed by atoms with E-state index >= 15 is 0 Å². The van der Waals surface area contributed by atoms with Crippen LogP contribution in [-0.4, -0.2) is 59.0 Å². The highest BCUT2D eigenvalue weighted by Crippen LogP contribution is 2.51. The van der Waals surface area contributed by atoms with E-state index in [1.807, 2.05) is 41.5 Å². The van der Waals surface area contributed by atoms with Crippen molar-refractivity contribution in [2.24, 2.45) is 0 Å². The van der Waals surface area contributed by atoms with Gasteiger partial charge in [0.25, 0.3) is 0 Å². The van der Waals surface area contributed by atoms with Crippen LogP contribution < -0.4 is 9.47 Å². The van der Waals surface area contributed by atoms with Crippen molar-refractivity contribution in [3.8, 4) is 23.0 Å². The fourth-order valence-corrected chi connectivity index (χ4v) is 6.19. The first-order valence-corrected chi connectivity index (χ1v) is 14.3. The van der Waals surface area contributed by atoms with Gasteiger partial charge in [0, 0.05) is 29.8 Å². The number of ether oxygens (including phenoxy) is 3. The SMILES string of the molecule is CC(C)(C)c1cc(C(=O)c2ccc3c(c2O)OC2(CCCCC2)C(N2CCOCC2)O3)cc(C(C)(C)C)c1O. The minimum absolute atomic E-state index is 0.165. The van der Waals surface area contributed by atoms with Crippen molar-refractivity contribution < 1.29 is 29.2 Å². The molecule has 212 valence electrons. The van der Waals surface area contributed by atoms with Gasteiger partial charge in [-0.15, -0.1) is 0 Å². The Hall–Kier alpha value is -2.77. The molecule has 0 aromatic heterocycles.